The molecule has 1 aliphatic heterocycles. The van der Waals surface area contributed by atoms with E-state index in [1.807, 2.05) is 95.9 Å². The van der Waals surface area contributed by atoms with E-state index in [0.29, 0.717) is 54.0 Å². The van der Waals surface area contributed by atoms with E-state index in [1.54, 1.807) is 11.6 Å². The molecule has 0 spiro atoms. The highest BCUT2D eigenvalue weighted by molar-refractivity contribution is 6.30. The number of amides is 1. The Hall–Kier alpha value is -4.36. The summed E-state index contributed by atoms with van der Waals surface area (Å²) in [6.07, 6.45) is 0. The minimum Gasteiger partial charge on any atom is -0.496 e. The van der Waals surface area contributed by atoms with Crippen molar-refractivity contribution in [1.82, 2.24) is 19.5 Å². The molecule has 8 heteroatoms. The van der Waals surface area contributed by atoms with Crippen molar-refractivity contribution in [2.45, 2.75) is 0 Å². The molecule has 0 saturated carbocycles. The highest BCUT2D eigenvalue weighted by atomic mass is 35.5. The van der Waals surface area contributed by atoms with Gasteiger partial charge >= 0.3 is 0 Å². The molecule has 2 aromatic heterocycles. The molecule has 190 valence electrons. The quantitative estimate of drug-likeness (QED) is 0.296. The van der Waals surface area contributed by atoms with Gasteiger partial charge in [-0.3, -0.25) is 4.79 Å². The molecule has 38 heavy (non-hydrogen) atoms. The van der Waals surface area contributed by atoms with Crippen molar-refractivity contribution in [2.75, 3.05) is 38.2 Å². The van der Waals surface area contributed by atoms with Crippen molar-refractivity contribution in [3.63, 3.8) is 0 Å². The van der Waals surface area contributed by atoms with Gasteiger partial charge in [0.2, 0.25) is 0 Å². The number of fused-ring (bicyclic) bond motifs is 1. The molecule has 0 bridgehead atoms. The Morgan fingerprint density at radius 2 is 1.61 bits per heavy atom. The summed E-state index contributed by atoms with van der Waals surface area (Å²) in [5, 5.41) is 5.50. The minimum absolute atomic E-state index is 0.0815. The second kappa shape index (κ2) is 10.2. The van der Waals surface area contributed by atoms with Gasteiger partial charge < -0.3 is 14.5 Å². The van der Waals surface area contributed by atoms with E-state index < -0.39 is 0 Å². The molecule has 3 aromatic carbocycles. The molecule has 1 amide bonds. The van der Waals surface area contributed by atoms with E-state index in [-0.39, 0.29) is 5.91 Å². The van der Waals surface area contributed by atoms with Crippen LogP contribution < -0.4 is 9.64 Å². The van der Waals surface area contributed by atoms with Gasteiger partial charge in [0, 0.05) is 54.1 Å². The van der Waals surface area contributed by atoms with Crippen molar-refractivity contribution in [2.24, 2.45) is 0 Å². The first kappa shape index (κ1) is 24.0. The van der Waals surface area contributed by atoms with Gasteiger partial charge in [-0.1, -0.05) is 60.1 Å². The molecular weight excluding hydrogens is 498 g/mol. The van der Waals surface area contributed by atoms with Crippen LogP contribution in [0, 0.1) is 0 Å². The first-order valence-corrected chi connectivity index (χ1v) is 12.9. The Morgan fingerprint density at radius 3 is 2.37 bits per heavy atom. The van der Waals surface area contributed by atoms with Gasteiger partial charge in [-0.2, -0.15) is 5.10 Å². The van der Waals surface area contributed by atoms with Crippen LogP contribution in [0.3, 0.4) is 0 Å². The average molecular weight is 524 g/mol. The van der Waals surface area contributed by atoms with Crippen LogP contribution in [0.25, 0.3) is 28.2 Å². The van der Waals surface area contributed by atoms with E-state index in [1.165, 1.54) is 0 Å². The largest absolute Gasteiger partial charge is 0.496 e. The fraction of sp³-hybridized carbons (Fsp3) is 0.167. The Labute approximate surface area is 225 Å². The number of halogens is 1. The van der Waals surface area contributed by atoms with Crippen molar-refractivity contribution in [3.05, 3.63) is 102 Å². The fourth-order valence-corrected chi connectivity index (χ4v) is 5.06. The number of rotatable bonds is 5. The number of benzene rings is 3. The zero-order chi connectivity index (χ0) is 26.1. The van der Waals surface area contributed by atoms with Crippen molar-refractivity contribution in [3.8, 4) is 28.3 Å². The number of piperazine rings is 1. The lowest BCUT2D eigenvalue weighted by atomic mass is 10.1. The second-order valence-electron chi connectivity index (χ2n) is 9.15. The standard InChI is InChI=1S/C30H26ClN5O2/c1-38-28-13-6-5-12-24(28)26-19-27(36-29(32-26)20-25(33-36)21-8-3-2-4-9-21)30(37)35-16-14-34(15-17-35)23-11-7-10-22(31)18-23/h2-13,18-20H,14-17H2,1H3. The Balaban J connectivity index is 1.38. The predicted octanol–water partition coefficient (Wildman–Crippen LogP) is 5.69. The molecule has 5 aromatic rings. The van der Waals surface area contributed by atoms with E-state index in [9.17, 15) is 4.79 Å². The average Bonchev–Trinajstić information content (AvgIpc) is 3.41. The number of anilines is 1. The summed E-state index contributed by atoms with van der Waals surface area (Å²) in [4.78, 5) is 23.0. The monoisotopic (exact) mass is 523 g/mol. The van der Waals surface area contributed by atoms with Crippen molar-refractivity contribution < 1.29 is 9.53 Å². The Kier molecular flexibility index (Phi) is 6.43. The summed E-state index contributed by atoms with van der Waals surface area (Å²) < 4.78 is 7.25. The zero-order valence-electron chi connectivity index (χ0n) is 20.9. The number of carbonyl (C=O) groups is 1. The normalized spacial score (nSPS) is 13.6. The van der Waals surface area contributed by atoms with Gasteiger partial charge in [0.25, 0.3) is 5.91 Å². The molecule has 0 N–H and O–H groups in total. The predicted molar refractivity (Wildman–Crippen MR) is 150 cm³/mol. The molecule has 3 heterocycles. The van der Waals surface area contributed by atoms with E-state index in [2.05, 4.69) is 4.90 Å². The number of aromatic nitrogens is 3. The zero-order valence-corrected chi connectivity index (χ0v) is 21.7. The number of para-hydroxylation sites is 1. The first-order valence-electron chi connectivity index (χ1n) is 12.5. The maximum atomic E-state index is 14.0. The van der Waals surface area contributed by atoms with Crippen LogP contribution in [0.2, 0.25) is 5.02 Å². The van der Waals surface area contributed by atoms with E-state index in [0.717, 1.165) is 22.5 Å². The van der Waals surface area contributed by atoms with Crippen LogP contribution in [0.1, 0.15) is 10.5 Å². The molecule has 0 radical (unpaired) electrons. The molecule has 1 saturated heterocycles. The number of carbonyl (C=O) groups excluding carboxylic acids is 1. The Morgan fingerprint density at radius 1 is 0.842 bits per heavy atom. The summed E-state index contributed by atoms with van der Waals surface area (Å²) in [5.41, 5.74) is 5.34. The van der Waals surface area contributed by atoms with Crippen LogP contribution in [-0.2, 0) is 0 Å². The maximum absolute atomic E-state index is 14.0. The third-order valence-corrected chi connectivity index (χ3v) is 7.07. The van der Waals surface area contributed by atoms with Crippen molar-refractivity contribution >= 4 is 28.8 Å². The lowest BCUT2D eigenvalue weighted by Crippen LogP contribution is -2.49. The lowest BCUT2D eigenvalue weighted by Gasteiger charge is -2.36. The summed E-state index contributed by atoms with van der Waals surface area (Å²) in [6.45, 7) is 2.61. The SMILES string of the molecule is COc1ccccc1-c1cc(C(=O)N2CCN(c3cccc(Cl)c3)CC2)n2nc(-c3ccccc3)cc2n1. The molecule has 1 aliphatic rings. The summed E-state index contributed by atoms with van der Waals surface area (Å²) in [5.74, 6) is 0.614. The molecular formula is C30H26ClN5O2. The van der Waals surface area contributed by atoms with Gasteiger partial charge in [-0.25, -0.2) is 9.50 Å². The molecule has 1 fully saturated rings. The molecule has 0 aliphatic carbocycles. The summed E-state index contributed by atoms with van der Waals surface area (Å²) >= 11 is 6.20. The van der Waals surface area contributed by atoms with E-state index >= 15 is 0 Å². The second-order valence-corrected chi connectivity index (χ2v) is 9.59. The first-order chi connectivity index (χ1) is 18.6. The molecule has 0 unspecified atom stereocenters. The molecule has 7 nitrogen and oxygen atoms in total. The summed E-state index contributed by atoms with van der Waals surface area (Å²) in [6, 6.07) is 29.2. The maximum Gasteiger partial charge on any atom is 0.272 e. The third kappa shape index (κ3) is 4.57. The van der Waals surface area contributed by atoms with Crippen LogP contribution in [0.4, 0.5) is 5.69 Å². The van der Waals surface area contributed by atoms with Gasteiger partial charge in [0.15, 0.2) is 5.65 Å². The molecule has 0 atom stereocenters. The van der Waals surface area contributed by atoms with Gasteiger partial charge in [0.05, 0.1) is 18.5 Å². The molecule has 6 rings (SSSR count). The van der Waals surface area contributed by atoms with Crippen molar-refractivity contribution in [1.29, 1.82) is 0 Å². The highest BCUT2D eigenvalue weighted by Gasteiger charge is 2.26. The number of methoxy groups -OCH3 is 1. The summed E-state index contributed by atoms with van der Waals surface area (Å²) in [7, 11) is 1.63. The van der Waals surface area contributed by atoms with Crippen LogP contribution in [-0.4, -0.2) is 58.7 Å². The third-order valence-electron chi connectivity index (χ3n) is 6.84. The Bertz CT molecular complexity index is 1610. The van der Waals surface area contributed by atoms with Crippen LogP contribution in [0.15, 0.2) is 91.0 Å². The van der Waals surface area contributed by atoms with Crippen LogP contribution in [0.5, 0.6) is 5.75 Å². The number of ether oxygens (including phenoxy) is 1. The van der Waals surface area contributed by atoms with E-state index in [4.69, 9.17) is 26.4 Å². The number of hydrogen-bond acceptors (Lipinski definition) is 5. The van der Waals surface area contributed by atoms with Gasteiger partial charge in [-0.15, -0.1) is 0 Å². The number of hydrogen-bond donors (Lipinski definition) is 0. The van der Waals surface area contributed by atoms with Gasteiger partial charge in [-0.05, 0) is 36.4 Å². The number of nitrogens with zero attached hydrogens (tertiary/aromatic N) is 5. The topological polar surface area (TPSA) is 63.0 Å². The van der Waals surface area contributed by atoms with Crippen LogP contribution >= 0.6 is 11.6 Å². The highest BCUT2D eigenvalue weighted by Crippen LogP contribution is 2.31. The lowest BCUT2D eigenvalue weighted by molar-refractivity contribution is 0.0738. The van der Waals surface area contributed by atoms with Gasteiger partial charge in [0.1, 0.15) is 11.4 Å². The fourth-order valence-electron chi connectivity index (χ4n) is 4.87. The smallest absolute Gasteiger partial charge is 0.272 e. The minimum atomic E-state index is -0.0815.